The number of hydrogen-bond donors (Lipinski definition) is 0. The van der Waals surface area contributed by atoms with E-state index in [0.29, 0.717) is 9.35 Å². The lowest BCUT2D eigenvalue weighted by Crippen LogP contribution is -2.15. The van der Waals surface area contributed by atoms with Gasteiger partial charge in [0.15, 0.2) is 15.6 Å². The highest BCUT2D eigenvalue weighted by atomic mass is 79.9. The van der Waals surface area contributed by atoms with Gasteiger partial charge in [0.2, 0.25) is 0 Å². The van der Waals surface area contributed by atoms with Gasteiger partial charge in [-0.05, 0) is 39.5 Å². The molecule has 0 saturated carbocycles. The first-order valence-electron chi connectivity index (χ1n) is 5.54. The van der Waals surface area contributed by atoms with Crippen LogP contribution in [-0.4, -0.2) is 24.9 Å². The van der Waals surface area contributed by atoms with E-state index >= 15 is 0 Å². The third kappa shape index (κ3) is 3.55. The number of sulfone groups is 1. The van der Waals surface area contributed by atoms with Crippen LogP contribution >= 0.6 is 27.3 Å². The number of nitro groups is 1. The largest absolute Gasteiger partial charge is 0.292 e. The summed E-state index contributed by atoms with van der Waals surface area (Å²) in [5.41, 5.74) is -0.207. The summed E-state index contributed by atoms with van der Waals surface area (Å²) >= 11 is 4.33. The minimum absolute atomic E-state index is 0.117. The number of thiophene rings is 1. The molecule has 0 unspecified atom stereocenters. The monoisotopic (exact) mass is 389 g/mol. The molecule has 1 heterocycles. The summed E-state index contributed by atoms with van der Waals surface area (Å²) in [6.07, 6.45) is 0. The number of carbonyl (C=O) groups excluding carboxylic acids is 1. The van der Waals surface area contributed by atoms with Crippen LogP contribution in [0.2, 0.25) is 0 Å². The molecule has 2 rings (SSSR count). The smallest absolute Gasteiger partial charge is 0.269 e. The second kappa shape index (κ2) is 6.04. The number of hydrogen-bond acceptors (Lipinski definition) is 6. The molecule has 110 valence electrons. The van der Waals surface area contributed by atoms with Crippen molar-refractivity contribution in [3.05, 3.63) is 55.2 Å². The molecule has 1 aromatic heterocycles. The Hall–Kier alpha value is -1.58. The predicted octanol–water partition coefficient (Wildman–Crippen LogP) is 3.08. The SMILES string of the molecule is O=C(CS(=O)(=O)c1ccc([N+](=O)[O-])cc1)c1sccc1Br. The molecule has 0 radical (unpaired) electrons. The third-order valence-corrected chi connectivity index (χ3v) is 6.11. The van der Waals surface area contributed by atoms with E-state index in [2.05, 4.69) is 15.9 Å². The normalized spacial score (nSPS) is 11.3. The summed E-state index contributed by atoms with van der Waals surface area (Å²) in [7, 11) is -3.83. The van der Waals surface area contributed by atoms with Crippen molar-refractivity contribution in [3.8, 4) is 0 Å². The van der Waals surface area contributed by atoms with Crippen LogP contribution in [0.4, 0.5) is 5.69 Å². The van der Waals surface area contributed by atoms with Crippen molar-refractivity contribution in [1.29, 1.82) is 0 Å². The average molecular weight is 390 g/mol. The van der Waals surface area contributed by atoms with Crippen molar-refractivity contribution in [2.75, 3.05) is 5.75 Å². The zero-order chi connectivity index (χ0) is 15.6. The van der Waals surface area contributed by atoms with Crippen molar-refractivity contribution in [1.82, 2.24) is 0 Å². The highest BCUT2D eigenvalue weighted by Crippen LogP contribution is 2.25. The Labute approximate surface area is 132 Å². The highest BCUT2D eigenvalue weighted by Gasteiger charge is 2.23. The molecule has 0 atom stereocenters. The van der Waals surface area contributed by atoms with Crippen molar-refractivity contribution in [3.63, 3.8) is 0 Å². The Morgan fingerprint density at radius 3 is 2.33 bits per heavy atom. The van der Waals surface area contributed by atoms with E-state index in [1.165, 1.54) is 0 Å². The maximum absolute atomic E-state index is 12.1. The summed E-state index contributed by atoms with van der Waals surface area (Å²) < 4.78 is 24.8. The molecule has 2 aromatic rings. The summed E-state index contributed by atoms with van der Waals surface area (Å²) in [6.45, 7) is 0. The van der Waals surface area contributed by atoms with Crippen LogP contribution < -0.4 is 0 Å². The number of nitrogens with zero attached hydrogens (tertiary/aromatic N) is 1. The number of halogens is 1. The Bertz CT molecular complexity index is 795. The lowest BCUT2D eigenvalue weighted by Gasteiger charge is -2.03. The molecule has 0 aliphatic heterocycles. The minimum Gasteiger partial charge on any atom is -0.292 e. The lowest BCUT2D eigenvalue weighted by molar-refractivity contribution is -0.384. The van der Waals surface area contributed by atoms with E-state index in [9.17, 15) is 23.3 Å². The van der Waals surface area contributed by atoms with E-state index < -0.39 is 26.3 Å². The molecule has 0 fully saturated rings. The van der Waals surface area contributed by atoms with Gasteiger partial charge in [-0.2, -0.15) is 0 Å². The lowest BCUT2D eigenvalue weighted by atomic mass is 10.3. The summed E-state index contributed by atoms with van der Waals surface area (Å²) in [5, 5.41) is 12.2. The molecule has 9 heteroatoms. The van der Waals surface area contributed by atoms with E-state index in [4.69, 9.17) is 0 Å². The molecule has 0 bridgehead atoms. The van der Waals surface area contributed by atoms with Crippen LogP contribution in [0.25, 0.3) is 0 Å². The van der Waals surface area contributed by atoms with Crippen LogP contribution in [0, 0.1) is 10.1 Å². The van der Waals surface area contributed by atoms with Gasteiger partial charge in [-0.25, -0.2) is 8.42 Å². The van der Waals surface area contributed by atoms with Crippen molar-refractivity contribution in [2.45, 2.75) is 4.90 Å². The first-order chi connectivity index (χ1) is 9.81. The fraction of sp³-hybridized carbons (Fsp3) is 0.0833. The predicted molar refractivity (Wildman–Crippen MR) is 81.5 cm³/mol. The quantitative estimate of drug-likeness (QED) is 0.444. The average Bonchev–Trinajstić information content (AvgIpc) is 2.84. The molecular weight excluding hydrogens is 382 g/mol. The number of benzene rings is 1. The fourth-order valence-corrected chi connectivity index (χ4v) is 4.42. The molecule has 0 aliphatic carbocycles. The van der Waals surface area contributed by atoms with Crippen LogP contribution in [0.15, 0.2) is 45.1 Å². The van der Waals surface area contributed by atoms with Gasteiger partial charge in [0.25, 0.3) is 5.69 Å². The number of carbonyl (C=O) groups is 1. The van der Waals surface area contributed by atoms with Crippen LogP contribution in [0.3, 0.4) is 0 Å². The van der Waals surface area contributed by atoms with Gasteiger partial charge in [-0.3, -0.25) is 14.9 Å². The van der Waals surface area contributed by atoms with Gasteiger partial charge < -0.3 is 0 Å². The first kappa shape index (κ1) is 15.8. The Morgan fingerprint density at radius 2 is 1.86 bits per heavy atom. The van der Waals surface area contributed by atoms with Gasteiger partial charge in [0.1, 0.15) is 5.75 Å². The second-order valence-corrected chi connectivity index (χ2v) is 7.79. The second-order valence-electron chi connectivity index (χ2n) is 4.03. The number of non-ortho nitro benzene ring substituents is 1. The molecule has 0 amide bonds. The number of rotatable bonds is 5. The summed E-state index contributed by atoms with van der Waals surface area (Å²) in [4.78, 5) is 22.1. The minimum atomic E-state index is -3.83. The van der Waals surface area contributed by atoms with Crippen molar-refractivity contribution < 1.29 is 18.1 Å². The van der Waals surface area contributed by atoms with Crippen LogP contribution in [0.5, 0.6) is 0 Å². The summed E-state index contributed by atoms with van der Waals surface area (Å²) in [6, 6.07) is 6.11. The van der Waals surface area contributed by atoms with Crippen LogP contribution in [0.1, 0.15) is 9.67 Å². The zero-order valence-electron chi connectivity index (χ0n) is 10.4. The maximum Gasteiger partial charge on any atom is 0.269 e. The number of Topliss-reactive ketones (excluding diaryl/α,β-unsaturated/α-hetero) is 1. The molecule has 21 heavy (non-hydrogen) atoms. The van der Waals surface area contributed by atoms with Crippen molar-refractivity contribution in [2.24, 2.45) is 0 Å². The van der Waals surface area contributed by atoms with Crippen molar-refractivity contribution >= 4 is 48.6 Å². The molecule has 0 saturated heterocycles. The van der Waals surface area contributed by atoms with Gasteiger partial charge in [-0.1, -0.05) is 0 Å². The van der Waals surface area contributed by atoms with Gasteiger partial charge in [0, 0.05) is 16.6 Å². The summed E-state index contributed by atoms with van der Waals surface area (Å²) in [5.74, 6) is -1.19. The molecule has 0 aliphatic rings. The van der Waals surface area contributed by atoms with E-state index in [0.717, 1.165) is 35.6 Å². The number of nitro benzene ring substituents is 1. The topological polar surface area (TPSA) is 94.3 Å². The Kier molecular flexibility index (Phi) is 4.55. The Morgan fingerprint density at radius 1 is 1.24 bits per heavy atom. The molecule has 0 spiro atoms. The van der Waals surface area contributed by atoms with Gasteiger partial charge >= 0.3 is 0 Å². The molecule has 0 N–H and O–H groups in total. The molecular formula is C12H8BrNO5S2. The van der Waals surface area contributed by atoms with E-state index in [1.807, 2.05) is 0 Å². The third-order valence-electron chi connectivity index (χ3n) is 2.60. The van der Waals surface area contributed by atoms with Crippen LogP contribution in [-0.2, 0) is 9.84 Å². The highest BCUT2D eigenvalue weighted by molar-refractivity contribution is 9.10. The fourth-order valence-electron chi connectivity index (χ4n) is 1.59. The standard InChI is InChI=1S/C12H8BrNO5S2/c13-10-5-6-20-12(10)11(15)7-21(18,19)9-3-1-8(2-4-9)14(16)17/h1-6H,7H2. The Balaban J connectivity index is 2.24. The molecule has 1 aromatic carbocycles. The van der Waals surface area contributed by atoms with Gasteiger partial charge in [-0.15, -0.1) is 11.3 Å². The van der Waals surface area contributed by atoms with E-state index in [-0.39, 0.29) is 10.6 Å². The molecule has 6 nitrogen and oxygen atoms in total. The first-order valence-corrected chi connectivity index (χ1v) is 8.87. The van der Waals surface area contributed by atoms with E-state index in [1.54, 1.807) is 11.4 Å². The zero-order valence-corrected chi connectivity index (χ0v) is 13.6. The number of ketones is 1. The maximum atomic E-state index is 12.1. The van der Waals surface area contributed by atoms with Gasteiger partial charge in [0.05, 0.1) is 14.7 Å².